The first-order valence-electron chi connectivity index (χ1n) is 8.82. The van der Waals surface area contributed by atoms with Crippen LogP contribution in [0.2, 0.25) is 5.02 Å². The van der Waals surface area contributed by atoms with Crippen molar-refractivity contribution >= 4 is 33.2 Å². The Morgan fingerprint density at radius 1 is 1.19 bits per heavy atom. The molecule has 0 bridgehead atoms. The molecule has 0 atom stereocenters. The first kappa shape index (κ1) is 19.6. The topological polar surface area (TPSA) is 79.4 Å². The highest BCUT2D eigenvalue weighted by atomic mass is 35.5. The van der Waals surface area contributed by atoms with Gasteiger partial charge in [0, 0.05) is 32.1 Å². The summed E-state index contributed by atoms with van der Waals surface area (Å²) in [6, 6.07) is 8.27. The lowest BCUT2D eigenvalue weighted by molar-refractivity contribution is 0.0724. The van der Waals surface area contributed by atoms with Crippen LogP contribution in [0, 0.1) is 0 Å². The molecule has 0 radical (unpaired) electrons. The summed E-state index contributed by atoms with van der Waals surface area (Å²) < 4.78 is 23.0. The Labute approximate surface area is 164 Å². The number of amides is 1. The second-order valence-corrected chi connectivity index (χ2v) is 9.10. The van der Waals surface area contributed by atoms with E-state index in [4.69, 9.17) is 11.6 Å². The minimum atomic E-state index is -3.21. The van der Waals surface area contributed by atoms with Crippen LogP contribution in [0.5, 0.6) is 0 Å². The van der Waals surface area contributed by atoms with Gasteiger partial charge in [-0.05, 0) is 43.0 Å². The number of sulfone groups is 1. The highest BCUT2D eigenvalue weighted by molar-refractivity contribution is 7.90. The average molecular weight is 408 g/mol. The summed E-state index contributed by atoms with van der Waals surface area (Å²) in [5.74, 6) is 0.450. The van der Waals surface area contributed by atoms with Crippen LogP contribution in [-0.4, -0.2) is 43.6 Å². The number of halogens is 1. The molecule has 1 amide bonds. The third-order valence-corrected chi connectivity index (χ3v) is 5.96. The van der Waals surface area contributed by atoms with Gasteiger partial charge in [0.25, 0.3) is 5.91 Å². The molecule has 1 saturated heterocycles. The number of aromatic nitrogens is 1. The summed E-state index contributed by atoms with van der Waals surface area (Å²) in [4.78, 5) is 18.9. The number of nitrogens with zero attached hydrogens (tertiary/aromatic N) is 2. The van der Waals surface area contributed by atoms with Crippen LogP contribution in [0.25, 0.3) is 0 Å². The quantitative estimate of drug-likeness (QED) is 0.821. The van der Waals surface area contributed by atoms with E-state index < -0.39 is 9.84 Å². The highest BCUT2D eigenvalue weighted by Crippen LogP contribution is 2.23. The summed E-state index contributed by atoms with van der Waals surface area (Å²) in [5.41, 5.74) is 1.39. The number of nitrogens with one attached hydrogen (secondary N) is 1. The summed E-state index contributed by atoms with van der Waals surface area (Å²) in [5, 5.41) is 3.50. The van der Waals surface area contributed by atoms with E-state index in [0.717, 1.165) is 37.9 Å². The summed E-state index contributed by atoms with van der Waals surface area (Å²) in [6.07, 6.45) is 5.95. The van der Waals surface area contributed by atoms with Gasteiger partial charge in [0.1, 0.15) is 5.82 Å². The Hall–Kier alpha value is -2.12. The smallest absolute Gasteiger partial charge is 0.255 e. The molecule has 27 heavy (non-hydrogen) atoms. The average Bonchev–Trinajstić information content (AvgIpc) is 2.67. The van der Waals surface area contributed by atoms with E-state index in [9.17, 15) is 13.2 Å². The number of pyridine rings is 1. The van der Waals surface area contributed by atoms with Gasteiger partial charge in [-0.2, -0.15) is 0 Å². The molecule has 1 N–H and O–H groups in total. The lowest BCUT2D eigenvalue weighted by Gasteiger charge is -2.26. The standard InChI is InChI=1S/C19H22ClN3O3S/c1-27(25,26)16-7-5-14(6-8-16)12-21-18-17(20)11-15(13-22-18)19(24)23-9-3-2-4-10-23/h5-8,11,13H,2-4,9-10,12H2,1H3,(H,21,22). The van der Waals surface area contributed by atoms with Crippen molar-refractivity contribution in [1.29, 1.82) is 0 Å². The van der Waals surface area contributed by atoms with Crippen LogP contribution in [0.3, 0.4) is 0 Å². The van der Waals surface area contributed by atoms with E-state index in [1.54, 1.807) is 30.3 Å². The van der Waals surface area contributed by atoms with Crippen LogP contribution < -0.4 is 5.32 Å². The molecule has 1 fully saturated rings. The lowest BCUT2D eigenvalue weighted by atomic mass is 10.1. The predicted molar refractivity (Wildman–Crippen MR) is 106 cm³/mol. The second-order valence-electron chi connectivity index (χ2n) is 6.68. The molecule has 0 aliphatic carbocycles. The van der Waals surface area contributed by atoms with Crippen LogP contribution in [-0.2, 0) is 16.4 Å². The number of hydrogen-bond acceptors (Lipinski definition) is 5. The van der Waals surface area contributed by atoms with Gasteiger partial charge in [-0.15, -0.1) is 0 Å². The van der Waals surface area contributed by atoms with Crippen molar-refractivity contribution in [3.63, 3.8) is 0 Å². The van der Waals surface area contributed by atoms with Gasteiger partial charge < -0.3 is 10.2 Å². The van der Waals surface area contributed by atoms with Gasteiger partial charge in [0.2, 0.25) is 0 Å². The monoisotopic (exact) mass is 407 g/mol. The number of carbonyl (C=O) groups excluding carboxylic acids is 1. The Morgan fingerprint density at radius 2 is 1.85 bits per heavy atom. The zero-order valence-electron chi connectivity index (χ0n) is 15.1. The van der Waals surface area contributed by atoms with E-state index in [-0.39, 0.29) is 10.8 Å². The Morgan fingerprint density at radius 3 is 2.44 bits per heavy atom. The molecule has 1 aromatic heterocycles. The molecule has 144 valence electrons. The first-order valence-corrected chi connectivity index (χ1v) is 11.1. The van der Waals surface area contributed by atoms with E-state index in [0.29, 0.717) is 22.9 Å². The van der Waals surface area contributed by atoms with Crippen molar-refractivity contribution in [3.8, 4) is 0 Å². The van der Waals surface area contributed by atoms with Gasteiger partial charge in [0.05, 0.1) is 15.5 Å². The fraction of sp³-hybridized carbons (Fsp3) is 0.368. The maximum atomic E-state index is 12.5. The van der Waals surface area contributed by atoms with Crippen molar-refractivity contribution < 1.29 is 13.2 Å². The molecule has 1 aromatic carbocycles. The van der Waals surface area contributed by atoms with E-state index in [1.807, 2.05) is 4.90 Å². The molecule has 3 rings (SSSR count). The Kier molecular flexibility index (Phi) is 6.01. The molecule has 2 aromatic rings. The second kappa shape index (κ2) is 8.27. The van der Waals surface area contributed by atoms with Crippen molar-refractivity contribution in [2.24, 2.45) is 0 Å². The SMILES string of the molecule is CS(=O)(=O)c1ccc(CNc2ncc(C(=O)N3CCCCC3)cc2Cl)cc1. The molecule has 1 aliphatic rings. The predicted octanol–water partition coefficient (Wildman–Crippen LogP) is 3.38. The van der Waals surface area contributed by atoms with Crippen LogP contribution >= 0.6 is 11.6 Å². The van der Waals surface area contributed by atoms with Crippen molar-refractivity contribution in [2.75, 3.05) is 24.7 Å². The lowest BCUT2D eigenvalue weighted by Crippen LogP contribution is -2.35. The number of hydrogen-bond donors (Lipinski definition) is 1. The Balaban J connectivity index is 1.65. The fourth-order valence-corrected chi connectivity index (χ4v) is 3.87. The molecule has 8 heteroatoms. The molecular weight excluding hydrogens is 386 g/mol. The van der Waals surface area contributed by atoms with Gasteiger partial charge in [-0.1, -0.05) is 23.7 Å². The maximum absolute atomic E-state index is 12.5. The normalized spacial score (nSPS) is 14.8. The van der Waals surface area contributed by atoms with Crippen molar-refractivity contribution in [1.82, 2.24) is 9.88 Å². The van der Waals surface area contributed by atoms with Crippen LogP contribution in [0.15, 0.2) is 41.4 Å². The first-order chi connectivity index (χ1) is 12.8. The summed E-state index contributed by atoms with van der Waals surface area (Å²) in [6.45, 7) is 2.00. The van der Waals surface area contributed by atoms with Gasteiger partial charge in [-0.3, -0.25) is 4.79 Å². The molecule has 6 nitrogen and oxygen atoms in total. The highest BCUT2D eigenvalue weighted by Gasteiger charge is 2.19. The third kappa shape index (κ3) is 4.99. The molecule has 0 spiro atoms. The van der Waals surface area contributed by atoms with Gasteiger partial charge in [0.15, 0.2) is 9.84 Å². The van der Waals surface area contributed by atoms with Crippen LogP contribution in [0.1, 0.15) is 35.2 Å². The molecule has 1 aliphatic heterocycles. The van der Waals surface area contributed by atoms with E-state index in [1.165, 1.54) is 12.5 Å². The minimum absolute atomic E-state index is 0.0352. The van der Waals surface area contributed by atoms with E-state index in [2.05, 4.69) is 10.3 Å². The zero-order valence-corrected chi connectivity index (χ0v) is 16.7. The number of likely N-dealkylation sites (tertiary alicyclic amines) is 1. The molecule has 0 unspecified atom stereocenters. The largest absolute Gasteiger partial charge is 0.365 e. The number of piperidine rings is 1. The Bertz CT molecular complexity index is 924. The van der Waals surface area contributed by atoms with Gasteiger partial charge >= 0.3 is 0 Å². The number of rotatable bonds is 5. The molecular formula is C19H22ClN3O3S. The fourth-order valence-electron chi connectivity index (χ4n) is 3.00. The zero-order chi connectivity index (χ0) is 19.4. The number of anilines is 1. The van der Waals surface area contributed by atoms with Gasteiger partial charge in [-0.25, -0.2) is 13.4 Å². The van der Waals surface area contributed by atoms with Crippen molar-refractivity contribution in [2.45, 2.75) is 30.7 Å². The number of carbonyl (C=O) groups is 1. The summed E-state index contributed by atoms with van der Waals surface area (Å²) in [7, 11) is -3.21. The van der Waals surface area contributed by atoms with Crippen molar-refractivity contribution in [3.05, 3.63) is 52.7 Å². The van der Waals surface area contributed by atoms with E-state index >= 15 is 0 Å². The van der Waals surface area contributed by atoms with Crippen LogP contribution in [0.4, 0.5) is 5.82 Å². The minimum Gasteiger partial charge on any atom is -0.365 e. The summed E-state index contributed by atoms with van der Waals surface area (Å²) >= 11 is 6.29. The molecule has 2 heterocycles. The number of benzene rings is 1. The maximum Gasteiger partial charge on any atom is 0.255 e. The third-order valence-electron chi connectivity index (χ3n) is 4.54. The molecule has 0 saturated carbocycles.